The van der Waals surface area contributed by atoms with Crippen molar-refractivity contribution in [2.75, 3.05) is 0 Å². The highest BCUT2D eigenvalue weighted by Gasteiger charge is 2.21. The number of amides is 1. The van der Waals surface area contributed by atoms with Gasteiger partial charge < -0.3 is 5.11 Å². The number of nitrogens with one attached hydrogen (secondary N) is 1. The molecule has 0 aliphatic heterocycles. The van der Waals surface area contributed by atoms with Crippen molar-refractivity contribution in [3.05, 3.63) is 51.2 Å². The SMILES string of the molecule is CC[C@@H]1CCc2sc(C(=O)N/N=C(\C)c3ccc(O)cc3)cc2C1. The van der Waals surface area contributed by atoms with Gasteiger partial charge >= 0.3 is 0 Å². The molecule has 0 radical (unpaired) electrons. The Balaban J connectivity index is 1.68. The van der Waals surface area contributed by atoms with E-state index in [1.54, 1.807) is 35.6 Å². The monoisotopic (exact) mass is 342 g/mol. The number of nitrogens with zero attached hydrogens (tertiary/aromatic N) is 1. The largest absolute Gasteiger partial charge is 0.508 e. The molecular formula is C19H22N2O2S. The van der Waals surface area contributed by atoms with Crippen molar-refractivity contribution in [1.82, 2.24) is 5.43 Å². The van der Waals surface area contributed by atoms with Crippen LogP contribution in [0.2, 0.25) is 0 Å². The number of phenols is 1. The van der Waals surface area contributed by atoms with E-state index >= 15 is 0 Å². The number of fused-ring (bicyclic) bond motifs is 1. The summed E-state index contributed by atoms with van der Waals surface area (Å²) < 4.78 is 0. The van der Waals surface area contributed by atoms with Crippen LogP contribution in [0.15, 0.2) is 35.4 Å². The molecule has 0 bridgehead atoms. The van der Waals surface area contributed by atoms with Crippen molar-refractivity contribution in [3.63, 3.8) is 0 Å². The predicted molar refractivity (Wildman–Crippen MR) is 97.9 cm³/mol. The van der Waals surface area contributed by atoms with Crippen molar-refractivity contribution in [2.45, 2.75) is 39.5 Å². The maximum absolute atomic E-state index is 12.4. The van der Waals surface area contributed by atoms with E-state index < -0.39 is 0 Å². The fourth-order valence-corrected chi connectivity index (χ4v) is 4.11. The van der Waals surface area contributed by atoms with Gasteiger partial charge in [-0.25, -0.2) is 5.43 Å². The standard InChI is InChI=1S/C19H22N2O2S/c1-3-13-4-9-17-15(10-13)11-18(24-17)19(23)21-20-12(2)14-5-7-16(22)8-6-14/h5-8,11,13,22H,3-4,9-10H2,1-2H3,(H,21,23)/b20-12+/t13-/m1/s1. The molecule has 2 N–H and O–H groups in total. The van der Waals surface area contributed by atoms with E-state index in [0.29, 0.717) is 5.71 Å². The van der Waals surface area contributed by atoms with E-state index in [9.17, 15) is 9.90 Å². The van der Waals surface area contributed by atoms with E-state index in [1.807, 2.05) is 13.0 Å². The number of carbonyl (C=O) groups is 1. The molecular weight excluding hydrogens is 320 g/mol. The highest BCUT2D eigenvalue weighted by atomic mass is 32.1. The van der Waals surface area contributed by atoms with Gasteiger partial charge in [-0.3, -0.25) is 4.79 Å². The number of hydrogen-bond acceptors (Lipinski definition) is 4. The molecule has 5 heteroatoms. The van der Waals surface area contributed by atoms with Crippen molar-refractivity contribution in [3.8, 4) is 5.75 Å². The third kappa shape index (κ3) is 3.67. The van der Waals surface area contributed by atoms with Gasteiger partial charge in [0.05, 0.1) is 10.6 Å². The predicted octanol–water partition coefficient (Wildman–Crippen LogP) is 4.12. The molecule has 0 unspecified atom stereocenters. The summed E-state index contributed by atoms with van der Waals surface area (Å²) in [7, 11) is 0. The molecule has 1 aliphatic rings. The molecule has 24 heavy (non-hydrogen) atoms. The first-order valence-electron chi connectivity index (χ1n) is 8.32. The Kier molecular flexibility index (Phi) is 5.00. The van der Waals surface area contributed by atoms with E-state index in [2.05, 4.69) is 17.5 Å². The van der Waals surface area contributed by atoms with Gasteiger partial charge in [-0.05, 0) is 73.6 Å². The number of benzene rings is 1. The lowest BCUT2D eigenvalue weighted by atomic mass is 9.87. The first kappa shape index (κ1) is 16.7. The summed E-state index contributed by atoms with van der Waals surface area (Å²) in [6, 6.07) is 8.79. The minimum Gasteiger partial charge on any atom is -0.508 e. The van der Waals surface area contributed by atoms with Crippen molar-refractivity contribution in [2.24, 2.45) is 11.0 Å². The van der Waals surface area contributed by atoms with Crippen LogP contribution in [0.1, 0.15) is 52.4 Å². The second-order valence-electron chi connectivity index (χ2n) is 6.26. The lowest BCUT2D eigenvalue weighted by molar-refractivity contribution is 0.0959. The van der Waals surface area contributed by atoms with Crippen molar-refractivity contribution in [1.29, 1.82) is 0 Å². The Hall–Kier alpha value is -2.14. The quantitative estimate of drug-likeness (QED) is 0.648. The molecule has 0 saturated heterocycles. The van der Waals surface area contributed by atoms with E-state index in [-0.39, 0.29) is 11.7 Å². The summed E-state index contributed by atoms with van der Waals surface area (Å²) in [4.78, 5) is 14.4. The Labute approximate surface area is 146 Å². The molecule has 1 heterocycles. The minimum absolute atomic E-state index is 0.152. The number of aromatic hydroxyl groups is 1. The van der Waals surface area contributed by atoms with E-state index in [0.717, 1.165) is 29.2 Å². The van der Waals surface area contributed by atoms with Crippen LogP contribution in [0.3, 0.4) is 0 Å². The topological polar surface area (TPSA) is 61.7 Å². The molecule has 0 spiro atoms. The molecule has 3 rings (SSSR count). The van der Waals surface area contributed by atoms with Crippen LogP contribution >= 0.6 is 11.3 Å². The van der Waals surface area contributed by atoms with Crippen LogP contribution in [0.25, 0.3) is 0 Å². The van der Waals surface area contributed by atoms with Gasteiger partial charge in [0, 0.05) is 4.88 Å². The molecule has 126 valence electrons. The summed E-state index contributed by atoms with van der Waals surface area (Å²) in [5, 5.41) is 13.5. The first-order valence-corrected chi connectivity index (χ1v) is 9.14. The van der Waals surface area contributed by atoms with Crippen LogP contribution in [-0.2, 0) is 12.8 Å². The zero-order valence-corrected chi connectivity index (χ0v) is 14.8. The van der Waals surface area contributed by atoms with Crippen LogP contribution in [0, 0.1) is 5.92 Å². The van der Waals surface area contributed by atoms with Gasteiger partial charge in [-0.15, -0.1) is 11.3 Å². The Bertz CT molecular complexity index is 762. The van der Waals surface area contributed by atoms with Crippen LogP contribution in [0.4, 0.5) is 0 Å². The van der Waals surface area contributed by atoms with Gasteiger partial charge in [-0.2, -0.15) is 5.10 Å². The number of rotatable bonds is 4. The maximum Gasteiger partial charge on any atom is 0.281 e. The molecule has 1 amide bonds. The van der Waals surface area contributed by atoms with Gasteiger partial charge in [-0.1, -0.05) is 13.3 Å². The van der Waals surface area contributed by atoms with Crippen molar-refractivity contribution >= 4 is 23.0 Å². The molecule has 1 aliphatic carbocycles. The maximum atomic E-state index is 12.4. The normalized spacial score (nSPS) is 17.4. The summed E-state index contributed by atoms with van der Waals surface area (Å²) in [6.45, 7) is 4.06. The highest BCUT2D eigenvalue weighted by Crippen LogP contribution is 2.33. The smallest absolute Gasteiger partial charge is 0.281 e. The number of carbonyl (C=O) groups excluding carboxylic acids is 1. The second kappa shape index (κ2) is 7.18. The fraction of sp³-hybridized carbons (Fsp3) is 0.368. The number of phenolic OH excluding ortho intramolecular Hbond substituents is 1. The third-order valence-corrected chi connectivity index (χ3v) is 5.83. The Morgan fingerprint density at radius 3 is 2.83 bits per heavy atom. The average Bonchev–Trinajstić information content (AvgIpc) is 3.03. The van der Waals surface area contributed by atoms with E-state index in [4.69, 9.17) is 0 Å². The van der Waals surface area contributed by atoms with Crippen molar-refractivity contribution < 1.29 is 9.90 Å². The lowest BCUT2D eigenvalue weighted by Crippen LogP contribution is -2.18. The van der Waals surface area contributed by atoms with Gasteiger partial charge in [0.2, 0.25) is 0 Å². The summed E-state index contributed by atoms with van der Waals surface area (Å²) in [6.07, 6.45) is 4.60. The minimum atomic E-state index is -0.152. The third-order valence-electron chi connectivity index (χ3n) is 4.60. The molecule has 0 fully saturated rings. The molecule has 1 aromatic heterocycles. The van der Waals surface area contributed by atoms with Gasteiger partial charge in [0.15, 0.2) is 0 Å². The van der Waals surface area contributed by atoms with Gasteiger partial charge in [0.1, 0.15) is 5.75 Å². The van der Waals surface area contributed by atoms with Crippen LogP contribution < -0.4 is 5.43 Å². The summed E-state index contributed by atoms with van der Waals surface area (Å²) >= 11 is 1.59. The first-order chi connectivity index (χ1) is 11.6. The zero-order chi connectivity index (χ0) is 17.1. The molecule has 4 nitrogen and oxygen atoms in total. The average molecular weight is 342 g/mol. The highest BCUT2D eigenvalue weighted by molar-refractivity contribution is 7.14. The number of aryl methyl sites for hydroxylation is 1. The summed E-state index contributed by atoms with van der Waals surface area (Å²) in [5.74, 6) is 0.809. The molecule has 2 aromatic rings. The fourth-order valence-electron chi connectivity index (χ4n) is 3.02. The van der Waals surface area contributed by atoms with E-state index in [1.165, 1.54) is 23.3 Å². The number of thiophene rings is 1. The Morgan fingerprint density at radius 1 is 1.38 bits per heavy atom. The second-order valence-corrected chi connectivity index (χ2v) is 7.40. The van der Waals surface area contributed by atoms with Gasteiger partial charge in [0.25, 0.3) is 5.91 Å². The van der Waals surface area contributed by atoms with Crippen LogP contribution in [-0.4, -0.2) is 16.7 Å². The summed E-state index contributed by atoms with van der Waals surface area (Å²) in [5.41, 5.74) is 5.55. The van der Waals surface area contributed by atoms with Crippen LogP contribution in [0.5, 0.6) is 5.75 Å². The molecule has 1 atom stereocenters. The molecule has 0 saturated carbocycles. The lowest BCUT2D eigenvalue weighted by Gasteiger charge is -2.19. The number of hydrogen-bond donors (Lipinski definition) is 2. The zero-order valence-electron chi connectivity index (χ0n) is 14.0. The molecule has 1 aromatic carbocycles. The number of hydrazone groups is 1. The Morgan fingerprint density at radius 2 is 2.12 bits per heavy atom.